The maximum Gasteiger partial charge on any atom is 0.150 e. The number of nitrogens with one attached hydrogen (secondary N) is 1. The molecular formula is C13H23N3O. The second-order valence-electron chi connectivity index (χ2n) is 4.80. The van der Waals surface area contributed by atoms with Gasteiger partial charge in [-0.2, -0.15) is 0 Å². The van der Waals surface area contributed by atoms with E-state index in [2.05, 4.69) is 22.3 Å². The van der Waals surface area contributed by atoms with E-state index in [0.29, 0.717) is 6.04 Å². The van der Waals surface area contributed by atoms with Crippen molar-refractivity contribution in [1.82, 2.24) is 15.4 Å². The summed E-state index contributed by atoms with van der Waals surface area (Å²) in [6, 6.07) is 2.62. The van der Waals surface area contributed by atoms with Gasteiger partial charge in [-0.05, 0) is 32.4 Å². The third kappa shape index (κ3) is 3.82. The van der Waals surface area contributed by atoms with Crippen molar-refractivity contribution < 1.29 is 4.52 Å². The van der Waals surface area contributed by atoms with Gasteiger partial charge in [-0.1, -0.05) is 18.5 Å². The highest BCUT2D eigenvalue weighted by Gasteiger charge is 2.22. The monoisotopic (exact) mass is 237 g/mol. The van der Waals surface area contributed by atoms with E-state index in [1.807, 2.05) is 6.07 Å². The Bertz CT molecular complexity index is 300. The molecule has 4 heteroatoms. The van der Waals surface area contributed by atoms with Crippen LogP contribution in [0.15, 0.2) is 16.8 Å². The van der Waals surface area contributed by atoms with Crippen LogP contribution in [0.1, 0.15) is 38.4 Å². The first-order valence-corrected chi connectivity index (χ1v) is 6.74. The zero-order chi connectivity index (χ0) is 11.9. The van der Waals surface area contributed by atoms with Gasteiger partial charge >= 0.3 is 0 Å². The molecular weight excluding hydrogens is 214 g/mol. The van der Waals surface area contributed by atoms with Gasteiger partial charge in [-0.25, -0.2) is 0 Å². The van der Waals surface area contributed by atoms with Gasteiger partial charge in [0.1, 0.15) is 0 Å². The van der Waals surface area contributed by atoms with Gasteiger partial charge in [0, 0.05) is 18.7 Å². The van der Waals surface area contributed by atoms with Crippen molar-refractivity contribution in [3.8, 4) is 0 Å². The molecule has 1 unspecified atom stereocenters. The average Bonchev–Trinajstić information content (AvgIpc) is 2.84. The summed E-state index contributed by atoms with van der Waals surface area (Å²) >= 11 is 0. The molecule has 1 fully saturated rings. The van der Waals surface area contributed by atoms with Crippen molar-refractivity contribution >= 4 is 0 Å². The normalized spacial score (nSPS) is 21.8. The molecule has 1 aliphatic heterocycles. The van der Waals surface area contributed by atoms with Gasteiger partial charge in [-0.3, -0.25) is 4.90 Å². The maximum atomic E-state index is 5.20. The van der Waals surface area contributed by atoms with E-state index in [-0.39, 0.29) is 0 Å². The summed E-state index contributed by atoms with van der Waals surface area (Å²) in [4.78, 5) is 2.52. The minimum absolute atomic E-state index is 0.653. The van der Waals surface area contributed by atoms with Gasteiger partial charge < -0.3 is 9.84 Å². The Morgan fingerprint density at radius 1 is 1.53 bits per heavy atom. The summed E-state index contributed by atoms with van der Waals surface area (Å²) < 4.78 is 5.20. The highest BCUT2D eigenvalue weighted by atomic mass is 16.5. The number of hydrogen-bond donors (Lipinski definition) is 1. The van der Waals surface area contributed by atoms with Crippen molar-refractivity contribution in [2.45, 2.75) is 45.2 Å². The molecule has 0 aliphatic carbocycles. The van der Waals surface area contributed by atoms with Crippen LogP contribution in [0.2, 0.25) is 0 Å². The summed E-state index contributed by atoms with van der Waals surface area (Å²) in [5.74, 6) is 0.979. The SMILES string of the molecule is CCCNCC1CCCCN1Cc1ccno1. The molecule has 1 atom stereocenters. The van der Waals surface area contributed by atoms with Gasteiger partial charge in [0.2, 0.25) is 0 Å². The molecule has 0 bridgehead atoms. The van der Waals surface area contributed by atoms with Crippen LogP contribution in [0.5, 0.6) is 0 Å². The second kappa shape index (κ2) is 6.77. The lowest BCUT2D eigenvalue weighted by molar-refractivity contribution is 0.124. The summed E-state index contributed by atoms with van der Waals surface area (Å²) in [5.41, 5.74) is 0. The molecule has 1 aromatic rings. The van der Waals surface area contributed by atoms with Gasteiger partial charge in [0.05, 0.1) is 12.7 Å². The number of piperidine rings is 1. The predicted octanol–water partition coefficient (Wildman–Crippen LogP) is 2.03. The molecule has 4 nitrogen and oxygen atoms in total. The van der Waals surface area contributed by atoms with Crippen LogP contribution >= 0.6 is 0 Å². The standard InChI is InChI=1S/C13H23N3O/c1-2-7-14-10-12-5-3-4-9-16(12)11-13-6-8-15-17-13/h6,8,12,14H,2-5,7,9-11H2,1H3. The number of nitrogens with zero attached hydrogens (tertiary/aromatic N) is 2. The van der Waals surface area contributed by atoms with Crippen molar-refractivity contribution in [1.29, 1.82) is 0 Å². The number of rotatable bonds is 6. The van der Waals surface area contributed by atoms with E-state index in [1.165, 1.54) is 32.2 Å². The fourth-order valence-electron chi connectivity index (χ4n) is 2.47. The van der Waals surface area contributed by atoms with Gasteiger partial charge in [0.15, 0.2) is 5.76 Å². The zero-order valence-electron chi connectivity index (χ0n) is 10.7. The molecule has 2 rings (SSSR count). The average molecular weight is 237 g/mol. The molecule has 0 amide bonds. The Hall–Kier alpha value is -0.870. The highest BCUT2D eigenvalue weighted by molar-refractivity contribution is 4.94. The van der Waals surface area contributed by atoms with E-state index in [1.54, 1.807) is 6.20 Å². The first-order valence-electron chi connectivity index (χ1n) is 6.74. The topological polar surface area (TPSA) is 41.3 Å². The number of likely N-dealkylation sites (tertiary alicyclic amines) is 1. The fraction of sp³-hybridized carbons (Fsp3) is 0.769. The van der Waals surface area contributed by atoms with E-state index >= 15 is 0 Å². The molecule has 1 N–H and O–H groups in total. The van der Waals surface area contributed by atoms with Crippen molar-refractivity contribution in [2.24, 2.45) is 0 Å². The third-order valence-electron chi connectivity index (χ3n) is 3.41. The fourth-order valence-corrected chi connectivity index (χ4v) is 2.47. The van der Waals surface area contributed by atoms with E-state index in [0.717, 1.165) is 25.4 Å². The highest BCUT2D eigenvalue weighted by Crippen LogP contribution is 2.19. The Labute approximate surface area is 103 Å². The lowest BCUT2D eigenvalue weighted by atomic mass is 10.0. The third-order valence-corrected chi connectivity index (χ3v) is 3.41. The molecule has 96 valence electrons. The molecule has 0 spiro atoms. The lowest BCUT2D eigenvalue weighted by Crippen LogP contribution is -2.45. The van der Waals surface area contributed by atoms with Crippen LogP contribution < -0.4 is 5.32 Å². The Morgan fingerprint density at radius 3 is 3.24 bits per heavy atom. The Kier molecular flexibility index (Phi) is 5.01. The quantitative estimate of drug-likeness (QED) is 0.769. The number of hydrogen-bond acceptors (Lipinski definition) is 4. The van der Waals surface area contributed by atoms with Crippen LogP contribution in [0.25, 0.3) is 0 Å². The molecule has 0 aromatic carbocycles. The summed E-state index contributed by atoms with van der Waals surface area (Å²) in [6.45, 7) is 6.51. The minimum Gasteiger partial charge on any atom is -0.360 e. The molecule has 0 saturated carbocycles. The predicted molar refractivity (Wildman–Crippen MR) is 67.7 cm³/mol. The molecule has 2 heterocycles. The largest absolute Gasteiger partial charge is 0.360 e. The molecule has 1 aromatic heterocycles. The molecule has 0 radical (unpaired) electrons. The minimum atomic E-state index is 0.653. The van der Waals surface area contributed by atoms with E-state index < -0.39 is 0 Å². The summed E-state index contributed by atoms with van der Waals surface area (Å²) in [7, 11) is 0. The molecule has 17 heavy (non-hydrogen) atoms. The first-order chi connectivity index (χ1) is 8.40. The zero-order valence-corrected chi connectivity index (χ0v) is 10.7. The molecule has 1 aliphatic rings. The van der Waals surface area contributed by atoms with E-state index in [9.17, 15) is 0 Å². The van der Waals surface area contributed by atoms with Crippen LogP contribution in [0.3, 0.4) is 0 Å². The first kappa shape index (κ1) is 12.6. The van der Waals surface area contributed by atoms with Crippen LogP contribution in [0.4, 0.5) is 0 Å². The van der Waals surface area contributed by atoms with Crippen LogP contribution in [-0.2, 0) is 6.54 Å². The maximum absolute atomic E-state index is 5.20. The Balaban J connectivity index is 1.83. The second-order valence-corrected chi connectivity index (χ2v) is 4.80. The summed E-state index contributed by atoms with van der Waals surface area (Å²) in [6.07, 6.45) is 6.88. The lowest BCUT2D eigenvalue weighted by Gasteiger charge is -2.35. The molecule has 1 saturated heterocycles. The van der Waals surface area contributed by atoms with Gasteiger partial charge in [0.25, 0.3) is 0 Å². The Morgan fingerprint density at radius 2 is 2.47 bits per heavy atom. The van der Waals surface area contributed by atoms with Crippen LogP contribution in [-0.4, -0.2) is 35.7 Å². The number of aromatic nitrogens is 1. The van der Waals surface area contributed by atoms with Crippen molar-refractivity contribution in [3.63, 3.8) is 0 Å². The van der Waals surface area contributed by atoms with E-state index in [4.69, 9.17) is 4.52 Å². The van der Waals surface area contributed by atoms with Crippen molar-refractivity contribution in [2.75, 3.05) is 19.6 Å². The smallest absolute Gasteiger partial charge is 0.150 e. The van der Waals surface area contributed by atoms with Crippen molar-refractivity contribution in [3.05, 3.63) is 18.0 Å². The van der Waals surface area contributed by atoms with Gasteiger partial charge in [-0.15, -0.1) is 0 Å². The summed E-state index contributed by atoms with van der Waals surface area (Å²) in [5, 5.41) is 7.30. The van der Waals surface area contributed by atoms with Crippen LogP contribution in [0, 0.1) is 0 Å².